The number of rotatable bonds is 4. The van der Waals surface area contributed by atoms with E-state index >= 15 is 0 Å². The molecular formula is C16H17N. The normalized spacial score (nSPS) is 10.2. The van der Waals surface area contributed by atoms with E-state index in [1.165, 1.54) is 16.7 Å². The van der Waals surface area contributed by atoms with Crippen LogP contribution in [0.5, 0.6) is 0 Å². The van der Waals surface area contributed by atoms with Crippen LogP contribution in [-0.4, -0.2) is 6.72 Å². The molecule has 0 aliphatic heterocycles. The van der Waals surface area contributed by atoms with E-state index in [4.69, 9.17) is 0 Å². The molecule has 0 aromatic heterocycles. The van der Waals surface area contributed by atoms with Gasteiger partial charge in [0.25, 0.3) is 0 Å². The molecule has 0 aliphatic rings. The fourth-order valence-corrected chi connectivity index (χ4v) is 2.11. The zero-order valence-electron chi connectivity index (χ0n) is 10.2. The van der Waals surface area contributed by atoms with Crippen LogP contribution >= 0.6 is 0 Å². The third-order valence-electron chi connectivity index (χ3n) is 2.90. The summed E-state index contributed by atoms with van der Waals surface area (Å²) in [6, 6.07) is 16.7. The van der Waals surface area contributed by atoms with E-state index in [1.807, 2.05) is 18.2 Å². The molecule has 0 radical (unpaired) electrons. The average molecular weight is 223 g/mol. The summed E-state index contributed by atoms with van der Waals surface area (Å²) in [5.74, 6) is 0. The minimum Gasteiger partial charge on any atom is -0.264 e. The Balaban J connectivity index is 2.55. The highest BCUT2D eigenvalue weighted by Gasteiger charge is 2.07. The first-order chi connectivity index (χ1) is 8.36. The Labute approximate surface area is 103 Å². The number of aliphatic imine (C=N–C) groups is 1. The minimum absolute atomic E-state index is 0.955. The van der Waals surface area contributed by atoms with Gasteiger partial charge in [-0.1, -0.05) is 55.8 Å². The van der Waals surface area contributed by atoms with Crippen molar-refractivity contribution < 1.29 is 0 Å². The Morgan fingerprint density at radius 3 is 2.29 bits per heavy atom. The van der Waals surface area contributed by atoms with E-state index < -0.39 is 0 Å². The summed E-state index contributed by atoms with van der Waals surface area (Å²) in [5, 5.41) is 0. The maximum Gasteiger partial charge on any atom is 0.0700 e. The highest BCUT2D eigenvalue weighted by molar-refractivity contribution is 5.79. The fourth-order valence-electron chi connectivity index (χ4n) is 2.11. The lowest BCUT2D eigenvalue weighted by Gasteiger charge is -2.10. The Morgan fingerprint density at radius 1 is 0.941 bits per heavy atom. The number of aryl methyl sites for hydroxylation is 1. The lowest BCUT2D eigenvalue weighted by Crippen LogP contribution is -1.89. The Kier molecular flexibility index (Phi) is 3.71. The molecule has 0 saturated carbocycles. The van der Waals surface area contributed by atoms with Crippen LogP contribution < -0.4 is 0 Å². The van der Waals surface area contributed by atoms with Gasteiger partial charge in [0.2, 0.25) is 0 Å². The number of para-hydroxylation sites is 1. The monoisotopic (exact) mass is 223 g/mol. The molecule has 2 aromatic carbocycles. The molecule has 2 aromatic rings. The molecular weight excluding hydrogens is 206 g/mol. The zero-order chi connectivity index (χ0) is 12.1. The van der Waals surface area contributed by atoms with Gasteiger partial charge in [-0.25, -0.2) is 0 Å². The van der Waals surface area contributed by atoms with Crippen molar-refractivity contribution in [2.45, 2.75) is 19.8 Å². The molecule has 1 nitrogen and oxygen atoms in total. The number of benzene rings is 2. The molecule has 0 saturated heterocycles. The van der Waals surface area contributed by atoms with Crippen LogP contribution in [0.2, 0.25) is 0 Å². The van der Waals surface area contributed by atoms with E-state index in [1.54, 1.807) is 0 Å². The summed E-state index contributed by atoms with van der Waals surface area (Å²) in [7, 11) is 0. The van der Waals surface area contributed by atoms with Gasteiger partial charge in [0.1, 0.15) is 0 Å². The lowest BCUT2D eigenvalue weighted by molar-refractivity contribution is 0.923. The third kappa shape index (κ3) is 2.44. The molecule has 0 heterocycles. The summed E-state index contributed by atoms with van der Waals surface area (Å²) < 4.78 is 0. The summed E-state index contributed by atoms with van der Waals surface area (Å²) in [6.45, 7) is 5.85. The van der Waals surface area contributed by atoms with Gasteiger partial charge >= 0.3 is 0 Å². The minimum atomic E-state index is 0.955. The van der Waals surface area contributed by atoms with Gasteiger partial charge in [0, 0.05) is 5.56 Å². The fraction of sp³-hybridized carbons (Fsp3) is 0.188. The predicted octanol–water partition coefficient (Wildman–Crippen LogP) is 4.64. The van der Waals surface area contributed by atoms with Crippen molar-refractivity contribution in [3.8, 4) is 11.1 Å². The van der Waals surface area contributed by atoms with Crippen LogP contribution in [0.4, 0.5) is 5.69 Å². The standard InChI is InChI=1S/C16H17N/c1-3-8-13-9-4-5-10-14(13)15-11-6-7-12-16(15)17-2/h4-7,9-12H,2-3,8H2,1H3. The van der Waals surface area contributed by atoms with E-state index in [0.29, 0.717) is 0 Å². The first kappa shape index (κ1) is 11.6. The largest absolute Gasteiger partial charge is 0.264 e. The quantitative estimate of drug-likeness (QED) is 0.670. The molecule has 0 bridgehead atoms. The molecule has 0 N–H and O–H groups in total. The highest BCUT2D eigenvalue weighted by Crippen LogP contribution is 2.32. The SMILES string of the molecule is C=Nc1ccccc1-c1ccccc1CCC. The number of nitrogens with zero attached hydrogens (tertiary/aromatic N) is 1. The first-order valence-electron chi connectivity index (χ1n) is 6.01. The first-order valence-corrected chi connectivity index (χ1v) is 6.01. The van der Waals surface area contributed by atoms with Crippen LogP contribution in [0.25, 0.3) is 11.1 Å². The van der Waals surface area contributed by atoms with Gasteiger partial charge in [-0.15, -0.1) is 0 Å². The summed E-state index contributed by atoms with van der Waals surface area (Å²) in [6.07, 6.45) is 2.25. The maximum absolute atomic E-state index is 4.10. The Morgan fingerprint density at radius 2 is 1.59 bits per heavy atom. The third-order valence-corrected chi connectivity index (χ3v) is 2.90. The van der Waals surface area contributed by atoms with Crippen molar-refractivity contribution in [2.24, 2.45) is 4.99 Å². The molecule has 0 spiro atoms. The topological polar surface area (TPSA) is 12.4 Å². The van der Waals surface area contributed by atoms with Gasteiger partial charge in [-0.2, -0.15) is 0 Å². The molecule has 0 amide bonds. The van der Waals surface area contributed by atoms with Crippen molar-refractivity contribution >= 4 is 12.4 Å². The van der Waals surface area contributed by atoms with Crippen LogP contribution in [-0.2, 0) is 6.42 Å². The molecule has 0 aliphatic carbocycles. The van der Waals surface area contributed by atoms with Crippen LogP contribution in [0.15, 0.2) is 53.5 Å². The second-order valence-electron chi connectivity index (χ2n) is 4.08. The van der Waals surface area contributed by atoms with Crippen LogP contribution in [0.1, 0.15) is 18.9 Å². The molecule has 1 heteroatoms. The lowest BCUT2D eigenvalue weighted by atomic mass is 9.96. The molecule has 0 unspecified atom stereocenters. The Bertz CT molecular complexity index is 514. The maximum atomic E-state index is 4.10. The second-order valence-corrected chi connectivity index (χ2v) is 4.08. The van der Waals surface area contributed by atoms with Crippen LogP contribution in [0, 0.1) is 0 Å². The molecule has 0 atom stereocenters. The summed E-state index contributed by atoms with van der Waals surface area (Å²) in [5.41, 5.74) is 4.78. The second kappa shape index (κ2) is 5.44. The van der Waals surface area contributed by atoms with Gasteiger partial charge in [0.05, 0.1) is 5.69 Å². The van der Waals surface area contributed by atoms with Crippen molar-refractivity contribution in [3.05, 3.63) is 54.1 Å². The molecule has 0 fully saturated rings. The highest BCUT2D eigenvalue weighted by atomic mass is 14.7. The van der Waals surface area contributed by atoms with E-state index in [0.717, 1.165) is 18.5 Å². The van der Waals surface area contributed by atoms with Crippen LogP contribution in [0.3, 0.4) is 0 Å². The van der Waals surface area contributed by atoms with E-state index in [2.05, 4.69) is 49.0 Å². The van der Waals surface area contributed by atoms with Gasteiger partial charge in [0.15, 0.2) is 0 Å². The van der Waals surface area contributed by atoms with Crippen molar-refractivity contribution in [1.82, 2.24) is 0 Å². The predicted molar refractivity (Wildman–Crippen MR) is 75.1 cm³/mol. The van der Waals surface area contributed by atoms with Crippen molar-refractivity contribution in [1.29, 1.82) is 0 Å². The smallest absolute Gasteiger partial charge is 0.0700 e. The number of hydrogen-bond acceptors (Lipinski definition) is 1. The molecule has 2 rings (SSSR count). The van der Waals surface area contributed by atoms with E-state index in [-0.39, 0.29) is 0 Å². The molecule has 17 heavy (non-hydrogen) atoms. The van der Waals surface area contributed by atoms with Gasteiger partial charge in [-0.3, -0.25) is 4.99 Å². The summed E-state index contributed by atoms with van der Waals surface area (Å²) >= 11 is 0. The zero-order valence-corrected chi connectivity index (χ0v) is 10.2. The summed E-state index contributed by atoms with van der Waals surface area (Å²) in [4.78, 5) is 4.10. The Hall–Kier alpha value is -1.89. The van der Waals surface area contributed by atoms with E-state index in [9.17, 15) is 0 Å². The van der Waals surface area contributed by atoms with Gasteiger partial charge < -0.3 is 0 Å². The van der Waals surface area contributed by atoms with Crippen molar-refractivity contribution in [3.63, 3.8) is 0 Å². The van der Waals surface area contributed by atoms with Gasteiger partial charge in [-0.05, 0) is 30.3 Å². The van der Waals surface area contributed by atoms with Crippen molar-refractivity contribution in [2.75, 3.05) is 0 Å². The average Bonchev–Trinajstić information content (AvgIpc) is 2.40. The number of hydrogen-bond donors (Lipinski definition) is 0. The molecule has 86 valence electrons.